The standard InChI is InChI=1S/C12H13ClN4O/c13-9-2-1-3-10(8-9)14-11(18)17-6-4-12(5-7-17)15-16-12/h1-3,8H,4-7H2,(H,14,18). The number of likely N-dealkylation sites (tertiary alicyclic amines) is 1. The first kappa shape index (κ1) is 11.5. The highest BCUT2D eigenvalue weighted by molar-refractivity contribution is 6.30. The first-order valence-electron chi connectivity index (χ1n) is 5.92. The van der Waals surface area contributed by atoms with Crippen LogP contribution in [0.1, 0.15) is 12.8 Å². The second-order valence-corrected chi connectivity index (χ2v) is 5.05. The summed E-state index contributed by atoms with van der Waals surface area (Å²) in [6.45, 7) is 1.39. The molecule has 94 valence electrons. The molecule has 0 unspecified atom stereocenters. The smallest absolute Gasteiger partial charge is 0.321 e. The normalized spacial score (nSPS) is 19.9. The van der Waals surface area contributed by atoms with E-state index < -0.39 is 0 Å². The van der Waals surface area contributed by atoms with Crippen LogP contribution in [0.3, 0.4) is 0 Å². The third kappa shape index (κ3) is 2.31. The average molecular weight is 265 g/mol. The molecule has 1 aromatic carbocycles. The molecule has 0 bridgehead atoms. The molecule has 1 spiro atoms. The molecule has 3 rings (SSSR count). The molecular weight excluding hydrogens is 252 g/mol. The summed E-state index contributed by atoms with van der Waals surface area (Å²) in [5, 5.41) is 11.5. The van der Waals surface area contributed by atoms with Crippen LogP contribution in [0.5, 0.6) is 0 Å². The maximum atomic E-state index is 12.0. The van der Waals surface area contributed by atoms with Crippen LogP contribution in [0.15, 0.2) is 34.5 Å². The van der Waals surface area contributed by atoms with E-state index >= 15 is 0 Å². The lowest BCUT2D eigenvalue weighted by atomic mass is 10.0. The van der Waals surface area contributed by atoms with Crippen LogP contribution in [-0.4, -0.2) is 29.7 Å². The van der Waals surface area contributed by atoms with Crippen molar-refractivity contribution in [2.75, 3.05) is 18.4 Å². The lowest BCUT2D eigenvalue weighted by Crippen LogP contribution is -2.43. The quantitative estimate of drug-likeness (QED) is 0.832. The Hall–Kier alpha value is -1.62. The monoisotopic (exact) mass is 264 g/mol. The summed E-state index contributed by atoms with van der Waals surface area (Å²) in [6.07, 6.45) is 1.66. The first-order chi connectivity index (χ1) is 8.67. The minimum absolute atomic E-state index is 0.0900. The Labute approximate surface area is 110 Å². The summed E-state index contributed by atoms with van der Waals surface area (Å²) >= 11 is 5.87. The van der Waals surface area contributed by atoms with Crippen LogP contribution in [-0.2, 0) is 0 Å². The molecule has 0 aromatic heterocycles. The zero-order chi connectivity index (χ0) is 12.6. The van der Waals surface area contributed by atoms with Crippen LogP contribution >= 0.6 is 11.6 Å². The van der Waals surface area contributed by atoms with E-state index in [1.54, 1.807) is 17.0 Å². The highest BCUT2D eigenvalue weighted by Crippen LogP contribution is 2.38. The number of benzene rings is 1. The third-order valence-corrected chi connectivity index (χ3v) is 3.55. The van der Waals surface area contributed by atoms with Crippen LogP contribution < -0.4 is 5.32 Å². The van der Waals surface area contributed by atoms with E-state index in [4.69, 9.17) is 11.6 Å². The van der Waals surface area contributed by atoms with Crippen molar-refractivity contribution in [2.45, 2.75) is 18.5 Å². The van der Waals surface area contributed by atoms with E-state index in [-0.39, 0.29) is 11.7 Å². The van der Waals surface area contributed by atoms with E-state index in [9.17, 15) is 4.79 Å². The number of hydrogen-bond acceptors (Lipinski definition) is 3. The second kappa shape index (κ2) is 4.24. The van der Waals surface area contributed by atoms with E-state index in [1.165, 1.54) is 0 Å². The van der Waals surface area contributed by atoms with Gasteiger partial charge in [-0.15, -0.1) is 0 Å². The molecule has 0 radical (unpaired) electrons. The Morgan fingerprint density at radius 3 is 2.67 bits per heavy atom. The molecule has 2 heterocycles. The van der Waals surface area contributed by atoms with Gasteiger partial charge in [-0.25, -0.2) is 4.79 Å². The Morgan fingerprint density at radius 1 is 1.33 bits per heavy atom. The fourth-order valence-electron chi connectivity index (χ4n) is 2.11. The van der Waals surface area contributed by atoms with Crippen molar-refractivity contribution in [3.8, 4) is 0 Å². The van der Waals surface area contributed by atoms with E-state index in [0.717, 1.165) is 12.8 Å². The maximum Gasteiger partial charge on any atom is 0.321 e. The molecule has 1 fully saturated rings. The topological polar surface area (TPSA) is 57.1 Å². The number of piperidine rings is 1. The number of nitrogens with one attached hydrogen (secondary N) is 1. The number of amides is 2. The lowest BCUT2D eigenvalue weighted by molar-refractivity contribution is 0.189. The first-order valence-corrected chi connectivity index (χ1v) is 6.30. The van der Waals surface area contributed by atoms with E-state index in [2.05, 4.69) is 15.5 Å². The Morgan fingerprint density at radius 2 is 2.06 bits per heavy atom. The SMILES string of the molecule is O=C(Nc1cccc(Cl)c1)N1CCC2(CC1)N=N2. The molecular formula is C12H13ClN4O. The Bertz CT molecular complexity index is 501. The molecule has 1 saturated heterocycles. The molecule has 1 aromatic rings. The van der Waals surface area contributed by atoms with Gasteiger partial charge in [0.25, 0.3) is 0 Å². The van der Waals surface area contributed by atoms with E-state index in [0.29, 0.717) is 23.8 Å². The van der Waals surface area contributed by atoms with Crippen molar-refractivity contribution < 1.29 is 4.79 Å². The molecule has 2 aliphatic heterocycles. The van der Waals surface area contributed by atoms with E-state index in [1.807, 2.05) is 12.1 Å². The van der Waals surface area contributed by atoms with Crippen LogP contribution in [0, 0.1) is 0 Å². The molecule has 6 heteroatoms. The molecule has 5 nitrogen and oxygen atoms in total. The van der Waals surface area contributed by atoms with Gasteiger partial charge in [0, 0.05) is 36.6 Å². The minimum Gasteiger partial charge on any atom is -0.324 e. The number of nitrogens with zero attached hydrogens (tertiary/aromatic N) is 3. The molecule has 0 aliphatic carbocycles. The summed E-state index contributed by atoms with van der Waals surface area (Å²) in [4.78, 5) is 13.8. The zero-order valence-electron chi connectivity index (χ0n) is 9.77. The molecule has 0 saturated carbocycles. The van der Waals surface area contributed by atoms with Gasteiger partial charge in [-0.05, 0) is 18.2 Å². The molecule has 2 aliphatic rings. The van der Waals surface area contributed by atoms with Gasteiger partial charge in [0.1, 0.15) is 0 Å². The fourth-order valence-corrected chi connectivity index (χ4v) is 2.30. The van der Waals surface area contributed by atoms with Crippen molar-refractivity contribution in [1.82, 2.24) is 4.90 Å². The van der Waals surface area contributed by atoms with Gasteiger partial charge in [0.15, 0.2) is 5.66 Å². The molecule has 2 amide bonds. The lowest BCUT2D eigenvalue weighted by Gasteiger charge is -2.29. The molecule has 1 N–H and O–H groups in total. The van der Waals surface area contributed by atoms with Gasteiger partial charge in [0.05, 0.1) is 0 Å². The molecule has 18 heavy (non-hydrogen) atoms. The number of hydrogen-bond donors (Lipinski definition) is 1. The zero-order valence-corrected chi connectivity index (χ0v) is 10.5. The number of urea groups is 1. The van der Waals surface area contributed by atoms with Gasteiger partial charge in [0.2, 0.25) is 0 Å². The van der Waals surface area contributed by atoms with Gasteiger partial charge < -0.3 is 10.2 Å². The predicted octanol–water partition coefficient (Wildman–Crippen LogP) is 3.13. The summed E-state index contributed by atoms with van der Waals surface area (Å²) in [5.74, 6) is 0. The van der Waals surface area contributed by atoms with Gasteiger partial charge >= 0.3 is 6.03 Å². The predicted molar refractivity (Wildman–Crippen MR) is 68.9 cm³/mol. The number of carbonyl (C=O) groups is 1. The number of carbonyl (C=O) groups excluding carboxylic acids is 1. The van der Waals surface area contributed by atoms with Crippen molar-refractivity contribution in [3.05, 3.63) is 29.3 Å². The van der Waals surface area contributed by atoms with Gasteiger partial charge in [-0.3, -0.25) is 0 Å². The average Bonchev–Trinajstić information content (AvgIpc) is 3.09. The summed E-state index contributed by atoms with van der Waals surface area (Å²) in [6, 6.07) is 7.05. The highest BCUT2D eigenvalue weighted by atomic mass is 35.5. The van der Waals surface area contributed by atoms with Crippen LogP contribution in [0.25, 0.3) is 0 Å². The van der Waals surface area contributed by atoms with Crippen LogP contribution in [0.4, 0.5) is 10.5 Å². The second-order valence-electron chi connectivity index (χ2n) is 4.61. The van der Waals surface area contributed by atoms with Crippen LogP contribution in [0.2, 0.25) is 5.02 Å². The Kier molecular flexibility index (Phi) is 2.70. The van der Waals surface area contributed by atoms with Crippen molar-refractivity contribution in [2.24, 2.45) is 10.2 Å². The van der Waals surface area contributed by atoms with Gasteiger partial charge in [-0.1, -0.05) is 17.7 Å². The highest BCUT2D eigenvalue weighted by Gasteiger charge is 2.43. The third-order valence-electron chi connectivity index (χ3n) is 3.31. The molecule has 0 atom stereocenters. The summed E-state index contributed by atoms with van der Waals surface area (Å²) in [5.41, 5.74) is 0.570. The van der Waals surface area contributed by atoms with Crippen molar-refractivity contribution >= 4 is 23.3 Å². The van der Waals surface area contributed by atoms with Gasteiger partial charge in [-0.2, -0.15) is 10.2 Å². The largest absolute Gasteiger partial charge is 0.324 e. The van der Waals surface area contributed by atoms with Crippen molar-refractivity contribution in [1.29, 1.82) is 0 Å². The summed E-state index contributed by atoms with van der Waals surface area (Å²) in [7, 11) is 0. The Balaban J connectivity index is 1.58. The maximum absolute atomic E-state index is 12.0. The number of anilines is 1. The number of halogens is 1. The number of rotatable bonds is 1. The summed E-state index contributed by atoms with van der Waals surface area (Å²) < 4.78 is 0. The van der Waals surface area contributed by atoms with Crippen molar-refractivity contribution in [3.63, 3.8) is 0 Å². The fraction of sp³-hybridized carbons (Fsp3) is 0.417. The minimum atomic E-state index is -0.146.